The minimum Gasteiger partial charge on any atom is -0.466 e. The Morgan fingerprint density at radius 2 is 1.85 bits per heavy atom. The molecule has 1 amide bonds. The number of hydrazone groups is 1. The van der Waals surface area contributed by atoms with Gasteiger partial charge in [0.25, 0.3) is 5.91 Å². The first kappa shape index (κ1) is 19.3. The van der Waals surface area contributed by atoms with Gasteiger partial charge >= 0.3 is 13.2 Å². The van der Waals surface area contributed by atoms with E-state index in [4.69, 9.17) is 4.42 Å². The first-order valence-corrected chi connectivity index (χ1v) is 7.20. The zero-order valence-corrected chi connectivity index (χ0v) is 13.6. The van der Waals surface area contributed by atoms with Crippen LogP contribution in [0.1, 0.15) is 27.4 Å². The summed E-state index contributed by atoms with van der Waals surface area (Å²) in [5, 5.41) is 3.65. The molecule has 1 aromatic heterocycles. The van der Waals surface area contributed by atoms with Crippen LogP contribution >= 0.6 is 0 Å². The molecule has 10 heteroatoms. The Morgan fingerprint density at radius 3 is 2.42 bits per heavy atom. The summed E-state index contributed by atoms with van der Waals surface area (Å²) in [6.45, 7) is -3.03. The zero-order chi connectivity index (χ0) is 19.3. The number of halogens is 4. The maximum atomic E-state index is 12.5. The molecular formula is C16H14F4N2O4. The Morgan fingerprint density at radius 1 is 1.15 bits per heavy atom. The molecule has 26 heavy (non-hydrogen) atoms. The van der Waals surface area contributed by atoms with Gasteiger partial charge in [-0.25, -0.2) is 5.43 Å². The lowest BCUT2D eigenvalue weighted by molar-refractivity contribution is -0.0543. The third-order valence-corrected chi connectivity index (χ3v) is 3.08. The maximum Gasteiger partial charge on any atom is 0.387 e. The smallest absolute Gasteiger partial charge is 0.387 e. The summed E-state index contributed by atoms with van der Waals surface area (Å²) in [6.07, 6.45) is 1.03. The fourth-order valence-corrected chi connectivity index (χ4v) is 2.07. The Labute approximate surface area is 145 Å². The van der Waals surface area contributed by atoms with Crippen molar-refractivity contribution in [3.8, 4) is 11.5 Å². The van der Waals surface area contributed by atoms with Gasteiger partial charge in [0.05, 0.1) is 11.8 Å². The molecule has 0 unspecified atom stereocenters. The van der Waals surface area contributed by atoms with Crippen LogP contribution in [0.3, 0.4) is 0 Å². The van der Waals surface area contributed by atoms with Crippen LogP contribution in [0.5, 0.6) is 11.5 Å². The molecule has 0 saturated carbocycles. The number of rotatable bonds is 7. The van der Waals surface area contributed by atoms with E-state index in [1.807, 2.05) is 0 Å². The van der Waals surface area contributed by atoms with Crippen molar-refractivity contribution in [3.63, 3.8) is 0 Å². The first-order chi connectivity index (χ1) is 12.3. The average Bonchev–Trinajstić information content (AvgIpc) is 2.86. The number of nitrogens with zero attached hydrogens (tertiary/aromatic N) is 1. The van der Waals surface area contributed by atoms with Crippen molar-refractivity contribution in [2.75, 3.05) is 0 Å². The van der Waals surface area contributed by atoms with Crippen molar-refractivity contribution in [2.24, 2.45) is 5.10 Å². The summed E-state index contributed by atoms with van der Waals surface area (Å²) >= 11 is 0. The van der Waals surface area contributed by atoms with Crippen molar-refractivity contribution in [2.45, 2.75) is 27.1 Å². The number of benzene rings is 1. The number of hydrogen-bond donors (Lipinski definition) is 1. The number of hydrogen-bond acceptors (Lipinski definition) is 5. The van der Waals surface area contributed by atoms with Crippen LogP contribution in [0.15, 0.2) is 33.8 Å². The van der Waals surface area contributed by atoms with Gasteiger partial charge in [-0.1, -0.05) is 0 Å². The van der Waals surface area contributed by atoms with E-state index in [0.717, 1.165) is 18.3 Å². The zero-order valence-electron chi connectivity index (χ0n) is 13.6. The van der Waals surface area contributed by atoms with E-state index in [9.17, 15) is 22.4 Å². The van der Waals surface area contributed by atoms with Crippen LogP contribution in [0.4, 0.5) is 17.6 Å². The molecule has 0 fully saturated rings. The molecule has 0 aliphatic heterocycles. The summed E-state index contributed by atoms with van der Waals surface area (Å²) in [7, 11) is 0. The fourth-order valence-electron chi connectivity index (χ4n) is 2.07. The van der Waals surface area contributed by atoms with E-state index in [1.54, 1.807) is 13.8 Å². The molecule has 0 atom stereocenters. The second-order valence-electron chi connectivity index (χ2n) is 4.98. The predicted molar refractivity (Wildman–Crippen MR) is 82.9 cm³/mol. The highest BCUT2D eigenvalue weighted by atomic mass is 19.3. The number of aryl methyl sites for hydroxylation is 2. The summed E-state index contributed by atoms with van der Waals surface area (Å²) in [5.41, 5.74) is 2.49. The number of alkyl halides is 4. The second-order valence-corrected chi connectivity index (χ2v) is 4.98. The highest BCUT2D eigenvalue weighted by molar-refractivity contribution is 5.96. The van der Waals surface area contributed by atoms with E-state index in [0.29, 0.717) is 11.5 Å². The SMILES string of the molecule is Cc1cc(C(=O)N/N=C/c2ccc(OC(F)F)cc2OC(F)F)c(C)o1. The lowest BCUT2D eigenvalue weighted by Gasteiger charge is -2.10. The van der Waals surface area contributed by atoms with Gasteiger partial charge in [-0.2, -0.15) is 22.7 Å². The summed E-state index contributed by atoms with van der Waals surface area (Å²) < 4.78 is 63.0. The number of furan rings is 1. The molecule has 0 saturated heterocycles. The third-order valence-electron chi connectivity index (χ3n) is 3.08. The number of nitrogens with one attached hydrogen (secondary N) is 1. The molecule has 2 rings (SSSR count). The summed E-state index contributed by atoms with van der Waals surface area (Å²) in [6, 6.07) is 4.68. The van der Waals surface area contributed by atoms with Crippen LogP contribution in [0, 0.1) is 13.8 Å². The monoisotopic (exact) mass is 374 g/mol. The largest absolute Gasteiger partial charge is 0.466 e. The van der Waals surface area contributed by atoms with Crippen molar-refractivity contribution >= 4 is 12.1 Å². The van der Waals surface area contributed by atoms with Crippen LogP contribution < -0.4 is 14.9 Å². The van der Waals surface area contributed by atoms with Gasteiger partial charge in [0.1, 0.15) is 23.0 Å². The predicted octanol–water partition coefficient (Wildman–Crippen LogP) is 3.86. The van der Waals surface area contributed by atoms with Crippen molar-refractivity contribution in [3.05, 3.63) is 46.9 Å². The van der Waals surface area contributed by atoms with E-state index in [1.165, 1.54) is 12.1 Å². The summed E-state index contributed by atoms with van der Waals surface area (Å²) in [5.74, 6) is -0.429. The summed E-state index contributed by atoms with van der Waals surface area (Å²) in [4.78, 5) is 12.0. The van der Waals surface area contributed by atoms with Gasteiger partial charge in [0.15, 0.2) is 0 Å². The highest BCUT2D eigenvalue weighted by Gasteiger charge is 2.14. The molecule has 0 aliphatic rings. The quantitative estimate of drug-likeness (QED) is 0.454. The minimum atomic E-state index is -3.19. The van der Waals surface area contributed by atoms with E-state index >= 15 is 0 Å². The lowest BCUT2D eigenvalue weighted by Crippen LogP contribution is -2.18. The Hall–Kier alpha value is -3.04. The van der Waals surface area contributed by atoms with Gasteiger partial charge in [-0.15, -0.1) is 0 Å². The molecule has 0 bridgehead atoms. The van der Waals surface area contributed by atoms with Crippen LogP contribution in [-0.4, -0.2) is 25.3 Å². The lowest BCUT2D eigenvalue weighted by atomic mass is 10.2. The molecule has 1 N–H and O–H groups in total. The number of amides is 1. The van der Waals surface area contributed by atoms with Gasteiger partial charge in [0.2, 0.25) is 0 Å². The molecule has 2 aromatic rings. The van der Waals surface area contributed by atoms with Gasteiger partial charge in [0, 0.05) is 11.6 Å². The Balaban J connectivity index is 2.14. The van der Waals surface area contributed by atoms with Crippen LogP contribution in [0.25, 0.3) is 0 Å². The molecular weight excluding hydrogens is 360 g/mol. The molecule has 1 heterocycles. The minimum absolute atomic E-state index is 0.0207. The fraction of sp³-hybridized carbons (Fsp3) is 0.250. The van der Waals surface area contributed by atoms with Gasteiger partial charge < -0.3 is 13.9 Å². The van der Waals surface area contributed by atoms with Crippen molar-refractivity contribution in [1.29, 1.82) is 0 Å². The topological polar surface area (TPSA) is 73.1 Å². The van der Waals surface area contributed by atoms with Crippen LogP contribution in [-0.2, 0) is 0 Å². The van der Waals surface area contributed by atoms with E-state index in [2.05, 4.69) is 20.0 Å². The van der Waals surface area contributed by atoms with Crippen LogP contribution in [0.2, 0.25) is 0 Å². The van der Waals surface area contributed by atoms with E-state index < -0.39 is 24.9 Å². The first-order valence-electron chi connectivity index (χ1n) is 7.20. The van der Waals surface area contributed by atoms with Gasteiger partial charge in [-0.05, 0) is 32.0 Å². The van der Waals surface area contributed by atoms with Crippen molar-refractivity contribution < 1.29 is 36.2 Å². The average molecular weight is 374 g/mol. The third kappa shape index (κ3) is 5.23. The maximum absolute atomic E-state index is 12.5. The second kappa shape index (κ2) is 8.37. The molecule has 6 nitrogen and oxygen atoms in total. The normalized spacial score (nSPS) is 11.4. The van der Waals surface area contributed by atoms with Crippen molar-refractivity contribution in [1.82, 2.24) is 5.43 Å². The Kier molecular flexibility index (Phi) is 6.21. The molecule has 1 aromatic carbocycles. The molecule has 0 radical (unpaired) electrons. The molecule has 0 spiro atoms. The highest BCUT2D eigenvalue weighted by Crippen LogP contribution is 2.26. The number of carbonyl (C=O) groups is 1. The number of ether oxygens (including phenoxy) is 2. The Bertz CT molecular complexity index is 806. The molecule has 140 valence electrons. The standard InChI is InChI=1S/C16H14F4N2O4/c1-8-5-12(9(2)24-8)14(23)22-21-7-10-3-4-11(25-15(17)18)6-13(10)26-16(19)20/h3-7,15-16H,1-2H3,(H,22,23)/b21-7+. The van der Waals surface area contributed by atoms with Gasteiger partial charge in [-0.3, -0.25) is 4.79 Å². The van der Waals surface area contributed by atoms with E-state index in [-0.39, 0.29) is 16.9 Å². The number of carbonyl (C=O) groups excluding carboxylic acids is 1. The molecule has 0 aliphatic carbocycles.